The first-order chi connectivity index (χ1) is 34.2. The smallest absolute Gasteiger partial charge is 0.165 e. The highest BCUT2D eigenvalue weighted by Crippen LogP contribution is 2.58. The van der Waals surface area contributed by atoms with E-state index in [-0.39, 0.29) is 0 Å². The fraction of sp³-hybridized carbons (Fsp3) is 0. The molecule has 0 atom stereocenters. The Morgan fingerprint density at radius 2 is 0.841 bits per heavy atom. The van der Waals surface area contributed by atoms with E-state index in [1.807, 2.05) is 30.0 Å². The lowest BCUT2D eigenvalue weighted by molar-refractivity contribution is 1.08. The van der Waals surface area contributed by atoms with Crippen molar-refractivity contribution in [1.29, 1.82) is 0 Å². The second-order valence-corrected chi connectivity index (χ2v) is 19.3. The highest BCUT2D eigenvalue weighted by molar-refractivity contribution is 7.99. The third-order valence-electron chi connectivity index (χ3n) is 13.2. The molecular formula is C61H38N6S2. The van der Waals surface area contributed by atoms with Crippen LogP contribution in [0.4, 0.5) is 51.2 Å². The Hall–Kier alpha value is -8.56. The van der Waals surface area contributed by atoms with Crippen LogP contribution >= 0.6 is 23.1 Å². The van der Waals surface area contributed by atoms with Gasteiger partial charge in [-0.1, -0.05) is 151 Å². The largest absolute Gasteiger partial charge is 0.308 e. The molecule has 8 heteroatoms. The van der Waals surface area contributed by atoms with Gasteiger partial charge in [0.2, 0.25) is 0 Å². The zero-order chi connectivity index (χ0) is 45.4. The second-order valence-electron chi connectivity index (χ2n) is 17.2. The van der Waals surface area contributed by atoms with Gasteiger partial charge in [0.1, 0.15) is 0 Å². The van der Waals surface area contributed by atoms with E-state index in [0.29, 0.717) is 17.5 Å². The average molecular weight is 919 g/mol. The van der Waals surface area contributed by atoms with Gasteiger partial charge in [-0.3, -0.25) is 0 Å². The monoisotopic (exact) mass is 918 g/mol. The van der Waals surface area contributed by atoms with Gasteiger partial charge in [0.15, 0.2) is 17.5 Å². The third-order valence-corrected chi connectivity index (χ3v) is 15.6. The number of nitrogens with zero attached hydrogens (tertiary/aromatic N) is 6. The number of benzene rings is 10. The van der Waals surface area contributed by atoms with Gasteiger partial charge in [0, 0.05) is 63.4 Å². The van der Waals surface area contributed by atoms with Gasteiger partial charge in [0.25, 0.3) is 0 Å². The lowest BCUT2D eigenvalue weighted by Gasteiger charge is -2.41. The first kappa shape index (κ1) is 39.6. The molecule has 12 aromatic rings. The summed E-state index contributed by atoms with van der Waals surface area (Å²) in [6.07, 6.45) is 0. The molecule has 0 saturated carbocycles. The molecule has 4 heterocycles. The number of rotatable bonds is 6. The second kappa shape index (κ2) is 16.1. The van der Waals surface area contributed by atoms with Crippen molar-refractivity contribution in [1.82, 2.24) is 15.0 Å². The lowest BCUT2D eigenvalue weighted by Crippen LogP contribution is -2.25. The number of thiophene rings is 1. The number of aromatic nitrogens is 3. The summed E-state index contributed by atoms with van der Waals surface area (Å²) in [6, 6.07) is 82.2. The number of fused-ring (bicyclic) bond motifs is 8. The molecule has 0 bridgehead atoms. The zero-order valence-corrected chi connectivity index (χ0v) is 38.6. The van der Waals surface area contributed by atoms with E-state index in [2.05, 4.69) is 227 Å². The Bertz CT molecular complexity index is 3940. The fourth-order valence-corrected chi connectivity index (χ4v) is 12.4. The predicted octanol–water partition coefficient (Wildman–Crippen LogP) is 17.6. The van der Waals surface area contributed by atoms with Crippen molar-refractivity contribution in [3.63, 3.8) is 0 Å². The maximum absolute atomic E-state index is 5.37. The van der Waals surface area contributed by atoms with Crippen LogP contribution in [0.15, 0.2) is 240 Å². The predicted molar refractivity (Wildman–Crippen MR) is 288 cm³/mol. The minimum atomic E-state index is 0.624. The van der Waals surface area contributed by atoms with Crippen molar-refractivity contribution < 1.29 is 0 Å². The minimum Gasteiger partial charge on any atom is -0.308 e. The van der Waals surface area contributed by atoms with Crippen LogP contribution in [-0.4, -0.2) is 15.0 Å². The highest BCUT2D eigenvalue weighted by Gasteiger charge is 2.34. The van der Waals surface area contributed by atoms with Crippen LogP contribution in [0, 0.1) is 0 Å². The molecule has 69 heavy (non-hydrogen) atoms. The molecule has 0 N–H and O–H groups in total. The molecule has 0 aliphatic carbocycles. The van der Waals surface area contributed by atoms with Gasteiger partial charge >= 0.3 is 0 Å². The molecule has 324 valence electrons. The van der Waals surface area contributed by atoms with Crippen molar-refractivity contribution >= 4 is 105 Å². The molecule has 0 radical (unpaired) electrons. The fourth-order valence-electron chi connectivity index (χ4n) is 10.1. The molecule has 0 amide bonds. The molecular weight excluding hydrogens is 881 g/mol. The first-order valence-corrected chi connectivity index (χ1v) is 24.7. The Morgan fingerprint density at radius 1 is 0.304 bits per heavy atom. The molecule has 0 unspecified atom stereocenters. The first-order valence-electron chi connectivity index (χ1n) is 23.0. The van der Waals surface area contributed by atoms with Gasteiger partial charge in [-0.25, -0.2) is 15.0 Å². The van der Waals surface area contributed by atoms with E-state index < -0.39 is 0 Å². The van der Waals surface area contributed by atoms with E-state index in [0.717, 1.165) is 72.0 Å². The van der Waals surface area contributed by atoms with Crippen molar-refractivity contribution in [2.24, 2.45) is 0 Å². The SMILES string of the molecule is c1ccc(-c2nc(-c3ccc(N4c5ccccc5N(c5ccccc5)c5cc(N6c7ccccc7Sc7ccccc76)ccc54)c4ccccc34)nc(-c3cccc4c3sc3ccccc34)n2)cc1. The van der Waals surface area contributed by atoms with Crippen LogP contribution < -0.4 is 14.7 Å². The molecule has 6 nitrogen and oxygen atoms in total. The Labute approximate surface area is 407 Å². The van der Waals surface area contributed by atoms with Gasteiger partial charge in [-0.15, -0.1) is 11.3 Å². The van der Waals surface area contributed by atoms with Gasteiger partial charge in [0.05, 0.1) is 39.8 Å². The van der Waals surface area contributed by atoms with E-state index in [4.69, 9.17) is 15.0 Å². The van der Waals surface area contributed by atoms with Crippen molar-refractivity contribution in [2.45, 2.75) is 9.79 Å². The van der Waals surface area contributed by atoms with Crippen LogP contribution in [-0.2, 0) is 0 Å². The maximum atomic E-state index is 5.37. The summed E-state index contributed by atoms with van der Waals surface area (Å²) in [5, 5.41) is 4.57. The minimum absolute atomic E-state index is 0.624. The summed E-state index contributed by atoms with van der Waals surface area (Å²) in [4.78, 5) is 25.6. The van der Waals surface area contributed by atoms with Crippen LogP contribution in [0.3, 0.4) is 0 Å². The summed E-state index contributed by atoms with van der Waals surface area (Å²) in [7, 11) is 0. The number of anilines is 9. The summed E-state index contributed by atoms with van der Waals surface area (Å²) in [5.74, 6) is 1.91. The van der Waals surface area contributed by atoms with Crippen molar-refractivity contribution in [3.05, 3.63) is 231 Å². The van der Waals surface area contributed by atoms with Crippen LogP contribution in [0.2, 0.25) is 0 Å². The summed E-state index contributed by atoms with van der Waals surface area (Å²) < 4.78 is 2.40. The molecule has 2 aliphatic rings. The molecule has 14 rings (SSSR count). The normalized spacial score (nSPS) is 12.8. The van der Waals surface area contributed by atoms with Crippen LogP contribution in [0.1, 0.15) is 0 Å². The topological polar surface area (TPSA) is 48.4 Å². The van der Waals surface area contributed by atoms with Crippen molar-refractivity contribution in [2.75, 3.05) is 14.7 Å². The van der Waals surface area contributed by atoms with Gasteiger partial charge in [-0.2, -0.15) is 0 Å². The molecule has 0 spiro atoms. The standard InChI is InChI=1S/C61H38N6S2/c1-3-18-39(19-4-1)59-62-60(64-61(63-59)47-26-17-25-45-44-24-9-14-31-55(44)69-58(45)47)46-35-37-48(43-23-8-7-22-42(43)46)67-50-28-11-10-27-49(50)65(40-20-5-2-6-21-40)54-38-41(34-36-51(54)67)66-52-29-12-15-32-56(52)68-57-33-16-13-30-53(57)66/h1-38H. The Balaban J connectivity index is 0.972. The zero-order valence-electron chi connectivity index (χ0n) is 36.9. The van der Waals surface area contributed by atoms with E-state index >= 15 is 0 Å². The van der Waals surface area contributed by atoms with Crippen LogP contribution in [0.25, 0.3) is 65.1 Å². The summed E-state index contributed by atoms with van der Waals surface area (Å²) >= 11 is 3.61. The summed E-state index contributed by atoms with van der Waals surface area (Å²) in [6.45, 7) is 0. The average Bonchev–Trinajstić information content (AvgIpc) is 3.81. The third kappa shape index (κ3) is 6.44. The van der Waals surface area contributed by atoms with E-state index in [1.54, 1.807) is 11.3 Å². The number of hydrogen-bond acceptors (Lipinski definition) is 8. The Kier molecular flexibility index (Phi) is 9.21. The Morgan fingerprint density at radius 3 is 1.59 bits per heavy atom. The molecule has 0 saturated heterocycles. The molecule has 10 aromatic carbocycles. The number of para-hydroxylation sites is 5. The van der Waals surface area contributed by atoms with Gasteiger partial charge < -0.3 is 14.7 Å². The highest BCUT2D eigenvalue weighted by atomic mass is 32.2. The quantitative estimate of drug-likeness (QED) is 0.165. The van der Waals surface area contributed by atoms with Gasteiger partial charge in [-0.05, 0) is 96.4 Å². The molecule has 2 aromatic heterocycles. The molecule has 0 fully saturated rings. The summed E-state index contributed by atoms with van der Waals surface area (Å²) in [5.41, 5.74) is 12.7. The maximum Gasteiger partial charge on any atom is 0.165 e. The molecule has 2 aliphatic heterocycles. The lowest BCUT2D eigenvalue weighted by atomic mass is 9.98. The number of hydrogen-bond donors (Lipinski definition) is 0. The van der Waals surface area contributed by atoms with E-state index in [1.165, 1.54) is 36.6 Å². The van der Waals surface area contributed by atoms with E-state index in [9.17, 15) is 0 Å². The van der Waals surface area contributed by atoms with Crippen LogP contribution in [0.5, 0.6) is 0 Å². The van der Waals surface area contributed by atoms with Crippen molar-refractivity contribution in [3.8, 4) is 34.2 Å².